The van der Waals surface area contributed by atoms with Crippen molar-refractivity contribution >= 4 is 23.5 Å². The van der Waals surface area contributed by atoms with E-state index in [2.05, 4.69) is 5.32 Å². The van der Waals surface area contributed by atoms with Gasteiger partial charge >= 0.3 is 6.03 Å². The molecule has 3 N–H and O–H groups in total. The minimum atomic E-state index is -1.09. The number of carbonyl (C=O) groups is 2. The second-order valence-electron chi connectivity index (χ2n) is 9.82. The van der Waals surface area contributed by atoms with Gasteiger partial charge in [-0.25, -0.2) is 4.79 Å². The lowest BCUT2D eigenvalue weighted by Crippen LogP contribution is -2.61. The molecule has 0 unspecified atom stereocenters. The van der Waals surface area contributed by atoms with E-state index >= 15 is 0 Å². The summed E-state index contributed by atoms with van der Waals surface area (Å²) in [6, 6.07) is 6.22. The van der Waals surface area contributed by atoms with E-state index in [0.717, 1.165) is 5.56 Å². The lowest BCUT2D eigenvalue weighted by atomic mass is 9.66. The molecular formula is C23H34ClN3O4. The fourth-order valence-electron chi connectivity index (χ4n) is 4.63. The topological polar surface area (TPSA) is 93.1 Å². The molecule has 2 saturated heterocycles. The molecule has 0 bridgehead atoms. The van der Waals surface area contributed by atoms with Crippen LogP contribution >= 0.6 is 11.6 Å². The number of carbonyl (C=O) groups excluding carboxylic acids is 2. The summed E-state index contributed by atoms with van der Waals surface area (Å²) in [6.07, 6.45) is 0.439. The summed E-state index contributed by atoms with van der Waals surface area (Å²) in [5.74, 6) is -0.238. The van der Waals surface area contributed by atoms with Crippen LogP contribution in [0.15, 0.2) is 24.3 Å². The van der Waals surface area contributed by atoms with Gasteiger partial charge in [-0.05, 0) is 36.5 Å². The predicted molar refractivity (Wildman–Crippen MR) is 120 cm³/mol. The number of urea groups is 1. The van der Waals surface area contributed by atoms with Gasteiger partial charge in [0.25, 0.3) is 0 Å². The number of aliphatic hydroxyl groups is 2. The molecule has 1 aromatic carbocycles. The van der Waals surface area contributed by atoms with E-state index in [-0.39, 0.29) is 24.4 Å². The minimum absolute atomic E-state index is 0.0934. The van der Waals surface area contributed by atoms with Crippen molar-refractivity contribution in [3.8, 4) is 0 Å². The largest absolute Gasteiger partial charge is 0.391 e. The molecule has 7 nitrogen and oxygen atoms in total. The number of rotatable bonds is 4. The summed E-state index contributed by atoms with van der Waals surface area (Å²) in [4.78, 5) is 29.3. The fourth-order valence-corrected chi connectivity index (χ4v) is 4.76. The van der Waals surface area contributed by atoms with Crippen LogP contribution in [0.5, 0.6) is 0 Å². The first-order chi connectivity index (χ1) is 14.4. The van der Waals surface area contributed by atoms with Crippen molar-refractivity contribution in [1.29, 1.82) is 0 Å². The fraction of sp³-hybridized carbons (Fsp3) is 0.652. The molecule has 0 aromatic heterocycles. The maximum atomic E-state index is 13.4. The van der Waals surface area contributed by atoms with Crippen molar-refractivity contribution in [2.75, 3.05) is 26.2 Å². The molecule has 0 aliphatic carbocycles. The number of aliphatic hydroxyl groups excluding tert-OH is 1. The van der Waals surface area contributed by atoms with Gasteiger partial charge in [-0.1, -0.05) is 51.4 Å². The smallest absolute Gasteiger partial charge is 0.318 e. The predicted octanol–water partition coefficient (Wildman–Crippen LogP) is 2.59. The zero-order valence-electron chi connectivity index (χ0n) is 18.8. The van der Waals surface area contributed by atoms with Crippen molar-refractivity contribution < 1.29 is 19.8 Å². The van der Waals surface area contributed by atoms with Crippen molar-refractivity contribution in [2.24, 2.45) is 11.3 Å². The van der Waals surface area contributed by atoms with Crippen LogP contribution in [0, 0.1) is 11.3 Å². The van der Waals surface area contributed by atoms with Crippen molar-refractivity contribution in [2.45, 2.75) is 58.3 Å². The van der Waals surface area contributed by atoms with Crippen LogP contribution in [0.1, 0.15) is 46.1 Å². The number of benzene rings is 1. The second-order valence-corrected chi connectivity index (χ2v) is 10.3. The minimum Gasteiger partial charge on any atom is -0.391 e. The molecule has 0 saturated carbocycles. The van der Waals surface area contributed by atoms with Crippen LogP contribution < -0.4 is 5.32 Å². The maximum absolute atomic E-state index is 13.4. The number of nitrogens with zero attached hydrogens (tertiary/aromatic N) is 2. The number of nitrogens with one attached hydrogen (secondary N) is 1. The van der Waals surface area contributed by atoms with Gasteiger partial charge in [0.15, 0.2) is 0 Å². The van der Waals surface area contributed by atoms with E-state index in [0.29, 0.717) is 37.5 Å². The number of likely N-dealkylation sites (tertiary alicyclic amines) is 2. The van der Waals surface area contributed by atoms with E-state index in [9.17, 15) is 19.8 Å². The monoisotopic (exact) mass is 451 g/mol. The Morgan fingerprint density at radius 3 is 2.32 bits per heavy atom. The van der Waals surface area contributed by atoms with Crippen molar-refractivity contribution in [3.63, 3.8) is 0 Å². The highest BCUT2D eigenvalue weighted by Gasteiger charge is 2.50. The summed E-state index contributed by atoms with van der Waals surface area (Å²) in [5, 5.41) is 24.7. The summed E-state index contributed by atoms with van der Waals surface area (Å²) >= 11 is 6.01. The molecule has 2 aliphatic heterocycles. The third-order valence-electron chi connectivity index (χ3n) is 6.75. The van der Waals surface area contributed by atoms with Gasteiger partial charge in [0.2, 0.25) is 5.91 Å². The molecule has 2 aliphatic rings. The third kappa shape index (κ3) is 4.83. The Balaban J connectivity index is 1.72. The summed E-state index contributed by atoms with van der Waals surface area (Å²) in [6.45, 7) is 9.24. The third-order valence-corrected chi connectivity index (χ3v) is 7.00. The second kappa shape index (κ2) is 8.96. The summed E-state index contributed by atoms with van der Waals surface area (Å²) in [7, 11) is 0. The van der Waals surface area contributed by atoms with Crippen LogP contribution in [0.25, 0.3) is 0 Å². The van der Waals surface area contributed by atoms with E-state index in [1.807, 2.05) is 39.8 Å². The van der Waals surface area contributed by atoms with Crippen molar-refractivity contribution in [1.82, 2.24) is 15.1 Å². The lowest BCUT2D eigenvalue weighted by Gasteiger charge is -2.51. The standard InChI is InChI=1S/C23H34ClN3O4/c1-15(2)19(25-21(30)26-11-9-18(28)13-26)20(29)27-12-10-23(31,22(3,4)14-27)16-5-7-17(24)8-6-16/h5-8,15,18-19,28,31H,9-14H2,1-4H3,(H,25,30)/t18-,19+,23-/m0/s1. The molecule has 0 spiro atoms. The molecule has 2 fully saturated rings. The molecule has 1 aromatic rings. The van der Waals surface area contributed by atoms with Crippen LogP contribution in [0.3, 0.4) is 0 Å². The zero-order valence-corrected chi connectivity index (χ0v) is 19.5. The lowest BCUT2D eigenvalue weighted by molar-refractivity contribution is -0.155. The number of amides is 3. The Labute approximate surface area is 189 Å². The van der Waals surface area contributed by atoms with Crippen LogP contribution in [0.4, 0.5) is 4.79 Å². The first-order valence-electron chi connectivity index (χ1n) is 11.0. The number of piperidine rings is 1. The highest BCUT2D eigenvalue weighted by molar-refractivity contribution is 6.30. The highest BCUT2D eigenvalue weighted by atomic mass is 35.5. The molecule has 8 heteroatoms. The average molecular weight is 452 g/mol. The highest BCUT2D eigenvalue weighted by Crippen LogP contribution is 2.46. The van der Waals surface area contributed by atoms with Gasteiger partial charge < -0.3 is 25.3 Å². The number of β-amino-alcohol motifs (C(OH)–C–C–N with tert-alkyl or cyclic N) is 1. The van der Waals surface area contributed by atoms with Crippen LogP contribution in [-0.4, -0.2) is 70.3 Å². The van der Waals surface area contributed by atoms with Gasteiger partial charge in [0.1, 0.15) is 6.04 Å². The average Bonchev–Trinajstić information content (AvgIpc) is 3.14. The Morgan fingerprint density at radius 1 is 1.16 bits per heavy atom. The van der Waals surface area contributed by atoms with Crippen molar-refractivity contribution in [3.05, 3.63) is 34.9 Å². The van der Waals surface area contributed by atoms with Crippen LogP contribution in [0.2, 0.25) is 5.02 Å². The maximum Gasteiger partial charge on any atom is 0.318 e. The van der Waals surface area contributed by atoms with Gasteiger partial charge in [-0.15, -0.1) is 0 Å². The van der Waals surface area contributed by atoms with E-state index < -0.39 is 23.2 Å². The first kappa shape index (κ1) is 23.8. The van der Waals surface area contributed by atoms with Gasteiger partial charge in [0.05, 0.1) is 11.7 Å². The Hall–Kier alpha value is -1.83. The van der Waals surface area contributed by atoms with E-state index in [1.165, 1.54) is 0 Å². The number of halogens is 1. The SMILES string of the molecule is CC(C)[C@@H](NC(=O)N1CC[C@H](O)C1)C(=O)N1CC[C@](O)(c2ccc(Cl)cc2)C(C)(C)C1. The van der Waals surface area contributed by atoms with Gasteiger partial charge in [-0.3, -0.25) is 4.79 Å². The molecule has 31 heavy (non-hydrogen) atoms. The Bertz CT molecular complexity index is 814. The first-order valence-corrected chi connectivity index (χ1v) is 11.3. The number of hydrogen-bond acceptors (Lipinski definition) is 4. The molecule has 3 amide bonds. The molecule has 3 atom stereocenters. The molecule has 0 radical (unpaired) electrons. The zero-order chi connectivity index (χ0) is 23.0. The van der Waals surface area contributed by atoms with Gasteiger partial charge in [0, 0.05) is 36.6 Å². The summed E-state index contributed by atoms with van der Waals surface area (Å²) in [5.41, 5.74) is -0.897. The van der Waals surface area contributed by atoms with Crippen LogP contribution in [-0.2, 0) is 10.4 Å². The quantitative estimate of drug-likeness (QED) is 0.656. The number of hydrogen-bond donors (Lipinski definition) is 3. The molecule has 2 heterocycles. The normalized spacial score (nSPS) is 26.8. The van der Waals surface area contributed by atoms with E-state index in [4.69, 9.17) is 11.6 Å². The van der Waals surface area contributed by atoms with Gasteiger partial charge in [-0.2, -0.15) is 0 Å². The Morgan fingerprint density at radius 2 is 1.81 bits per heavy atom. The Kier molecular flexibility index (Phi) is 6.89. The summed E-state index contributed by atoms with van der Waals surface area (Å²) < 4.78 is 0. The van der Waals surface area contributed by atoms with E-state index in [1.54, 1.807) is 21.9 Å². The molecule has 172 valence electrons. The molecule has 3 rings (SSSR count). The molecular weight excluding hydrogens is 418 g/mol.